The molecule has 1 saturated heterocycles. The van der Waals surface area contributed by atoms with Crippen LogP contribution in [0.4, 0.5) is 0 Å². The molecule has 13 heteroatoms. The lowest BCUT2D eigenvalue weighted by molar-refractivity contribution is -0.158. The van der Waals surface area contributed by atoms with Crippen LogP contribution in [0.2, 0.25) is 5.02 Å². The summed E-state index contributed by atoms with van der Waals surface area (Å²) in [6.07, 6.45) is 0. The fourth-order valence-corrected chi connectivity index (χ4v) is 2.26. The standard InChI is InChI=1S/C12H15ClO3.C6H13N5O.ClH.2H2O/c1-4-15-11(14)12(2,3)16-10-7-5-9(13)6-8-10;7-5(8)10-6(9)11-1-3-12-4-2-11;;;/h5-8H,4H2,1-3H3;1-4H2,(H5,7,8,9,10);1H;2*1H2. The molecule has 31 heavy (non-hydrogen) atoms. The van der Waals surface area contributed by atoms with Crippen molar-refractivity contribution in [1.29, 1.82) is 10.8 Å². The molecule has 0 radical (unpaired) electrons. The molecule has 1 aliphatic heterocycles. The summed E-state index contributed by atoms with van der Waals surface area (Å²) in [4.78, 5) is 13.3. The number of nitrogens with one attached hydrogen (secondary N) is 3. The molecular weight excluding hydrogens is 453 g/mol. The molecule has 0 aromatic heterocycles. The Morgan fingerprint density at radius 2 is 1.74 bits per heavy atom. The number of nitrogens with two attached hydrogens (primary N) is 1. The van der Waals surface area contributed by atoms with Crippen molar-refractivity contribution in [2.75, 3.05) is 32.9 Å². The largest absolute Gasteiger partial charge is 0.476 e. The van der Waals surface area contributed by atoms with Crippen LogP contribution < -0.4 is 15.8 Å². The number of carbonyl (C=O) groups is 1. The highest BCUT2D eigenvalue weighted by molar-refractivity contribution is 6.30. The van der Waals surface area contributed by atoms with E-state index in [1.165, 1.54) is 0 Å². The van der Waals surface area contributed by atoms with Crippen LogP contribution in [0.5, 0.6) is 5.75 Å². The molecule has 1 fully saturated rings. The van der Waals surface area contributed by atoms with Gasteiger partial charge in [-0.05, 0) is 45.0 Å². The summed E-state index contributed by atoms with van der Waals surface area (Å²) in [5.74, 6) is 0.171. The molecule has 9 N–H and O–H groups in total. The topological polar surface area (TPSA) is 197 Å². The molecular formula is C18H33Cl2N5O6. The summed E-state index contributed by atoms with van der Waals surface area (Å²) in [5, 5.41) is 17.4. The number of esters is 1. The van der Waals surface area contributed by atoms with Gasteiger partial charge in [-0.25, -0.2) is 4.79 Å². The second-order valence-electron chi connectivity index (χ2n) is 6.27. The maximum absolute atomic E-state index is 11.6. The van der Waals surface area contributed by atoms with Gasteiger partial charge in [-0.1, -0.05) is 11.6 Å². The molecule has 0 aliphatic carbocycles. The number of morpholine rings is 1. The lowest BCUT2D eigenvalue weighted by Crippen LogP contribution is -2.50. The zero-order valence-electron chi connectivity index (χ0n) is 17.8. The van der Waals surface area contributed by atoms with Crippen LogP contribution in [-0.4, -0.2) is 72.3 Å². The highest BCUT2D eigenvalue weighted by Crippen LogP contribution is 2.21. The van der Waals surface area contributed by atoms with Gasteiger partial charge in [-0.15, -0.1) is 12.4 Å². The van der Waals surface area contributed by atoms with Crippen molar-refractivity contribution in [2.45, 2.75) is 26.4 Å². The molecule has 2 rings (SSSR count). The van der Waals surface area contributed by atoms with Gasteiger partial charge in [0.25, 0.3) is 0 Å². The zero-order chi connectivity index (χ0) is 21.2. The van der Waals surface area contributed by atoms with Crippen molar-refractivity contribution < 1.29 is 30.0 Å². The first-order valence-electron chi connectivity index (χ1n) is 8.79. The fourth-order valence-electron chi connectivity index (χ4n) is 2.14. The second kappa shape index (κ2) is 16.4. The van der Waals surface area contributed by atoms with Gasteiger partial charge in [0.1, 0.15) is 5.75 Å². The Kier molecular flexibility index (Phi) is 17.6. The van der Waals surface area contributed by atoms with Crippen molar-refractivity contribution in [1.82, 2.24) is 10.2 Å². The lowest BCUT2D eigenvalue weighted by atomic mass is 10.1. The highest BCUT2D eigenvalue weighted by atomic mass is 35.5. The fraction of sp³-hybridized carbons (Fsp3) is 0.500. The number of ether oxygens (including phenoxy) is 3. The number of halogens is 2. The first-order chi connectivity index (χ1) is 13.2. The molecule has 0 bridgehead atoms. The maximum Gasteiger partial charge on any atom is 0.349 e. The number of guanidine groups is 2. The van der Waals surface area contributed by atoms with Crippen LogP contribution in [0.15, 0.2) is 24.3 Å². The minimum Gasteiger partial charge on any atom is -0.476 e. The number of carbonyl (C=O) groups excluding carboxylic acids is 1. The second-order valence-corrected chi connectivity index (χ2v) is 6.71. The van der Waals surface area contributed by atoms with Crippen molar-refractivity contribution in [3.63, 3.8) is 0 Å². The average Bonchev–Trinajstić information content (AvgIpc) is 2.64. The van der Waals surface area contributed by atoms with Crippen LogP contribution in [0.1, 0.15) is 20.8 Å². The predicted molar refractivity (Wildman–Crippen MR) is 122 cm³/mol. The molecule has 180 valence electrons. The Balaban J connectivity index is -0.000000476. The van der Waals surface area contributed by atoms with Crippen molar-refractivity contribution in [3.8, 4) is 5.75 Å². The Labute approximate surface area is 193 Å². The van der Waals surface area contributed by atoms with Gasteiger partial charge in [0, 0.05) is 18.1 Å². The molecule has 0 unspecified atom stereocenters. The molecule has 1 aromatic rings. The number of rotatable bonds is 4. The summed E-state index contributed by atoms with van der Waals surface area (Å²) >= 11 is 5.75. The minimum absolute atomic E-state index is 0. The van der Waals surface area contributed by atoms with E-state index in [4.69, 9.17) is 42.4 Å². The zero-order valence-corrected chi connectivity index (χ0v) is 19.4. The maximum atomic E-state index is 11.6. The Morgan fingerprint density at radius 3 is 2.19 bits per heavy atom. The molecule has 1 heterocycles. The van der Waals surface area contributed by atoms with Gasteiger partial charge in [-0.2, -0.15) is 0 Å². The molecule has 0 spiro atoms. The predicted octanol–water partition coefficient (Wildman–Crippen LogP) is 0.569. The van der Waals surface area contributed by atoms with E-state index < -0.39 is 5.60 Å². The summed E-state index contributed by atoms with van der Waals surface area (Å²) < 4.78 is 15.6. The van der Waals surface area contributed by atoms with Gasteiger partial charge in [0.2, 0.25) is 0 Å². The first kappa shape index (κ1) is 33.3. The molecule has 11 nitrogen and oxygen atoms in total. The average molecular weight is 486 g/mol. The normalized spacial score (nSPS) is 12.3. The first-order valence-corrected chi connectivity index (χ1v) is 9.17. The van der Waals surface area contributed by atoms with Gasteiger partial charge in [-0.3, -0.25) is 16.1 Å². The number of hydrogen-bond donors (Lipinski definition) is 4. The highest BCUT2D eigenvalue weighted by Gasteiger charge is 2.31. The van der Waals surface area contributed by atoms with Crippen LogP contribution in [0.25, 0.3) is 0 Å². The van der Waals surface area contributed by atoms with Crippen LogP contribution in [-0.2, 0) is 14.3 Å². The number of hydrogen-bond acceptors (Lipinski definition) is 6. The molecule has 1 aromatic carbocycles. The van der Waals surface area contributed by atoms with E-state index in [1.807, 2.05) is 0 Å². The van der Waals surface area contributed by atoms with Crippen molar-refractivity contribution in [2.24, 2.45) is 5.73 Å². The SMILES string of the molecule is CCOC(=O)C(C)(C)Oc1ccc(Cl)cc1.Cl.N=C(N)NC(=N)N1CCOCC1.O.O. The third kappa shape index (κ3) is 12.9. The monoisotopic (exact) mass is 485 g/mol. The van der Waals surface area contributed by atoms with E-state index in [0.29, 0.717) is 43.7 Å². The Bertz CT molecular complexity index is 670. The van der Waals surface area contributed by atoms with E-state index in [9.17, 15) is 4.79 Å². The van der Waals surface area contributed by atoms with E-state index in [2.05, 4.69) is 5.32 Å². The van der Waals surface area contributed by atoms with E-state index in [-0.39, 0.29) is 41.2 Å². The van der Waals surface area contributed by atoms with Gasteiger partial charge < -0.3 is 35.8 Å². The van der Waals surface area contributed by atoms with Gasteiger partial charge >= 0.3 is 5.97 Å². The summed E-state index contributed by atoms with van der Waals surface area (Å²) in [7, 11) is 0. The Morgan fingerprint density at radius 1 is 1.23 bits per heavy atom. The third-order valence-corrected chi connectivity index (χ3v) is 3.79. The smallest absolute Gasteiger partial charge is 0.349 e. The molecule has 1 aliphatic rings. The third-order valence-electron chi connectivity index (χ3n) is 3.53. The Hall–Kier alpha value is -2.31. The summed E-state index contributed by atoms with van der Waals surface area (Å²) in [6, 6.07) is 6.84. The van der Waals surface area contributed by atoms with Crippen LogP contribution >= 0.6 is 24.0 Å². The van der Waals surface area contributed by atoms with Gasteiger partial charge in [0.15, 0.2) is 17.5 Å². The summed E-state index contributed by atoms with van der Waals surface area (Å²) in [5.41, 5.74) is 4.08. The molecule has 0 amide bonds. The number of nitrogens with zero attached hydrogens (tertiary/aromatic N) is 1. The van der Waals surface area contributed by atoms with E-state index in [1.54, 1.807) is 49.9 Å². The van der Waals surface area contributed by atoms with Gasteiger partial charge in [0.05, 0.1) is 19.8 Å². The number of benzene rings is 1. The molecule has 0 atom stereocenters. The van der Waals surface area contributed by atoms with Crippen molar-refractivity contribution in [3.05, 3.63) is 29.3 Å². The summed E-state index contributed by atoms with van der Waals surface area (Å²) in [6.45, 7) is 8.05. The van der Waals surface area contributed by atoms with Crippen molar-refractivity contribution >= 4 is 41.9 Å². The molecule has 0 saturated carbocycles. The van der Waals surface area contributed by atoms with E-state index in [0.717, 1.165) is 0 Å². The lowest BCUT2D eigenvalue weighted by Gasteiger charge is -2.28. The quantitative estimate of drug-likeness (QED) is 0.271. The minimum atomic E-state index is -0.996. The van der Waals surface area contributed by atoms with Crippen LogP contribution in [0, 0.1) is 10.8 Å². The van der Waals surface area contributed by atoms with E-state index >= 15 is 0 Å². The van der Waals surface area contributed by atoms with Crippen LogP contribution in [0.3, 0.4) is 0 Å².